The van der Waals surface area contributed by atoms with E-state index >= 15 is 0 Å². The maximum absolute atomic E-state index is 9.73. The van der Waals surface area contributed by atoms with Gasteiger partial charge in [-0.15, -0.1) is 11.8 Å². The van der Waals surface area contributed by atoms with Crippen molar-refractivity contribution in [2.24, 2.45) is 0 Å². The van der Waals surface area contributed by atoms with Crippen LogP contribution in [0.4, 0.5) is 0 Å². The molecule has 0 spiro atoms. The third-order valence-electron chi connectivity index (χ3n) is 0.303. The van der Waals surface area contributed by atoms with Gasteiger partial charge in [0.1, 0.15) is 0 Å². The molecule has 0 saturated heterocycles. The summed E-state index contributed by atoms with van der Waals surface area (Å²) in [7, 11) is 0. The van der Waals surface area contributed by atoms with Crippen LogP contribution >= 0.6 is 34.4 Å². The Bertz CT molecular complexity index is 66.0. The molecule has 2 nitrogen and oxygen atoms in total. The lowest BCUT2D eigenvalue weighted by atomic mass is 10.8. The molecule has 0 saturated carbocycles. The van der Waals surface area contributed by atoms with Gasteiger partial charge in [-0.1, -0.05) is 22.6 Å². The smallest absolute Gasteiger partial charge is 0.313 e. The zero-order valence-electron chi connectivity index (χ0n) is 3.56. The third kappa shape index (κ3) is 6.55. The number of alkyl halides is 1. The van der Waals surface area contributed by atoms with E-state index in [1.165, 1.54) is 11.8 Å². The van der Waals surface area contributed by atoms with Crippen LogP contribution in [-0.4, -0.2) is 20.6 Å². The van der Waals surface area contributed by atoms with Crippen molar-refractivity contribution in [1.82, 2.24) is 0 Å². The van der Waals surface area contributed by atoms with Crippen molar-refractivity contribution >= 4 is 40.3 Å². The average molecular weight is 232 g/mol. The highest BCUT2D eigenvalue weighted by atomic mass is 127. The molecule has 1 N–H and O–H groups in total. The van der Waals surface area contributed by atoms with Crippen LogP contribution in [-0.2, 0) is 4.79 Å². The minimum absolute atomic E-state index is 0.225. The van der Waals surface area contributed by atoms with E-state index in [9.17, 15) is 4.79 Å². The summed E-state index contributed by atoms with van der Waals surface area (Å²) >= 11 is 3.52. The van der Waals surface area contributed by atoms with Gasteiger partial charge in [0.15, 0.2) is 0 Å². The standard InChI is InChI=1S/C3H5IO2S/c4-2-7-1-3(5)6/h1-2H2,(H,5,6). The zero-order valence-corrected chi connectivity index (χ0v) is 6.53. The van der Waals surface area contributed by atoms with Crippen LogP contribution in [0.25, 0.3) is 0 Å². The topological polar surface area (TPSA) is 37.3 Å². The highest BCUT2D eigenvalue weighted by molar-refractivity contribution is 14.1. The fourth-order valence-electron chi connectivity index (χ4n) is 0.126. The summed E-state index contributed by atoms with van der Waals surface area (Å²) in [5, 5.41) is 8.02. The fraction of sp³-hybridized carbons (Fsp3) is 0.667. The van der Waals surface area contributed by atoms with Gasteiger partial charge in [0.2, 0.25) is 0 Å². The highest BCUT2D eigenvalue weighted by Crippen LogP contribution is 2.02. The molecule has 0 unspecified atom stereocenters. The first-order valence-electron chi connectivity index (χ1n) is 1.63. The second-order valence-corrected chi connectivity index (χ2v) is 3.63. The van der Waals surface area contributed by atoms with E-state index in [0.717, 1.165) is 3.76 Å². The molecule has 0 atom stereocenters. The number of carboxylic acids is 1. The van der Waals surface area contributed by atoms with Crippen LogP contribution < -0.4 is 0 Å². The van der Waals surface area contributed by atoms with Crippen LogP contribution in [0.3, 0.4) is 0 Å². The summed E-state index contributed by atoms with van der Waals surface area (Å²) in [6, 6.07) is 0. The summed E-state index contributed by atoms with van der Waals surface area (Å²) in [5.41, 5.74) is 0. The van der Waals surface area contributed by atoms with Crippen molar-refractivity contribution in [3.63, 3.8) is 0 Å². The van der Waals surface area contributed by atoms with Gasteiger partial charge in [-0.3, -0.25) is 4.79 Å². The maximum atomic E-state index is 9.73. The van der Waals surface area contributed by atoms with Gasteiger partial charge >= 0.3 is 5.97 Å². The molecule has 0 aromatic carbocycles. The van der Waals surface area contributed by atoms with Gasteiger partial charge in [-0.25, -0.2) is 0 Å². The molecule has 0 aliphatic rings. The second kappa shape index (κ2) is 4.70. The molecule has 0 heterocycles. The first kappa shape index (κ1) is 7.55. The van der Waals surface area contributed by atoms with E-state index in [2.05, 4.69) is 22.6 Å². The lowest BCUT2D eigenvalue weighted by Gasteiger charge is -1.85. The summed E-state index contributed by atoms with van der Waals surface area (Å²) < 4.78 is 0.851. The molecule has 0 amide bonds. The Morgan fingerprint density at radius 2 is 2.43 bits per heavy atom. The number of thioether (sulfide) groups is 1. The van der Waals surface area contributed by atoms with Gasteiger partial charge < -0.3 is 5.11 Å². The molecule has 4 heteroatoms. The Kier molecular flexibility index (Phi) is 5.07. The van der Waals surface area contributed by atoms with Gasteiger partial charge in [0, 0.05) is 3.76 Å². The lowest BCUT2D eigenvalue weighted by molar-refractivity contribution is -0.133. The Labute approximate surface area is 59.8 Å². The van der Waals surface area contributed by atoms with E-state index in [1.54, 1.807) is 0 Å². The summed E-state index contributed by atoms with van der Waals surface area (Å²) in [6.07, 6.45) is 0. The number of hydrogen-bond acceptors (Lipinski definition) is 2. The van der Waals surface area contributed by atoms with E-state index < -0.39 is 5.97 Å². The number of halogens is 1. The summed E-state index contributed by atoms with van der Waals surface area (Å²) in [6.45, 7) is 0. The Morgan fingerprint density at radius 1 is 1.86 bits per heavy atom. The molecular formula is C3H5IO2S. The van der Waals surface area contributed by atoms with E-state index in [4.69, 9.17) is 5.11 Å². The molecule has 0 aromatic heterocycles. The molecule has 0 aliphatic heterocycles. The van der Waals surface area contributed by atoms with E-state index in [0.29, 0.717) is 0 Å². The molecular weight excluding hydrogens is 227 g/mol. The largest absolute Gasteiger partial charge is 0.481 e. The van der Waals surface area contributed by atoms with Gasteiger partial charge in [0.25, 0.3) is 0 Å². The molecule has 0 aliphatic carbocycles. The van der Waals surface area contributed by atoms with Crippen LogP contribution in [0.15, 0.2) is 0 Å². The van der Waals surface area contributed by atoms with Crippen molar-refractivity contribution in [1.29, 1.82) is 0 Å². The van der Waals surface area contributed by atoms with Crippen LogP contribution in [0, 0.1) is 0 Å². The molecule has 7 heavy (non-hydrogen) atoms. The highest BCUT2D eigenvalue weighted by Gasteiger charge is 1.91. The van der Waals surface area contributed by atoms with Crippen LogP contribution in [0.2, 0.25) is 0 Å². The Hall–Kier alpha value is 0.550. The molecule has 0 fully saturated rings. The Balaban J connectivity index is 2.82. The first-order valence-corrected chi connectivity index (χ1v) is 4.31. The van der Waals surface area contributed by atoms with Gasteiger partial charge in [0.05, 0.1) is 5.75 Å². The van der Waals surface area contributed by atoms with Crippen LogP contribution in [0.1, 0.15) is 0 Å². The number of rotatable bonds is 3. The number of aliphatic carboxylic acids is 1. The number of carbonyl (C=O) groups is 1. The average Bonchev–Trinajstić information content (AvgIpc) is 1.61. The number of hydrogen-bond donors (Lipinski definition) is 1. The fourth-order valence-corrected chi connectivity index (χ4v) is 1.04. The molecule has 42 valence electrons. The predicted molar refractivity (Wildman–Crippen MR) is 39.0 cm³/mol. The molecule has 0 rings (SSSR count). The number of carboxylic acid groups (broad SMARTS) is 1. The quantitative estimate of drug-likeness (QED) is 0.586. The van der Waals surface area contributed by atoms with Crippen molar-refractivity contribution < 1.29 is 9.90 Å². The summed E-state index contributed by atoms with van der Waals surface area (Å²) in [4.78, 5) is 9.73. The van der Waals surface area contributed by atoms with Gasteiger partial charge in [-0.05, 0) is 0 Å². The van der Waals surface area contributed by atoms with Crippen molar-refractivity contribution in [3.8, 4) is 0 Å². The molecule has 0 aromatic rings. The normalized spacial score (nSPS) is 8.71. The van der Waals surface area contributed by atoms with Crippen molar-refractivity contribution in [2.45, 2.75) is 0 Å². The van der Waals surface area contributed by atoms with Gasteiger partial charge in [-0.2, -0.15) is 0 Å². The Morgan fingerprint density at radius 3 is 2.57 bits per heavy atom. The van der Waals surface area contributed by atoms with Crippen LogP contribution in [0.5, 0.6) is 0 Å². The molecule has 0 bridgehead atoms. The maximum Gasteiger partial charge on any atom is 0.313 e. The first-order chi connectivity index (χ1) is 3.27. The minimum Gasteiger partial charge on any atom is -0.481 e. The lowest BCUT2D eigenvalue weighted by Crippen LogP contribution is -1.96. The minimum atomic E-state index is -0.735. The van der Waals surface area contributed by atoms with E-state index in [1.807, 2.05) is 0 Å². The monoisotopic (exact) mass is 232 g/mol. The SMILES string of the molecule is O=C(O)CSCI. The summed E-state index contributed by atoms with van der Waals surface area (Å²) in [5.74, 6) is -0.509. The van der Waals surface area contributed by atoms with Crippen molar-refractivity contribution in [3.05, 3.63) is 0 Å². The molecule has 0 radical (unpaired) electrons. The third-order valence-corrected chi connectivity index (χ3v) is 2.23. The second-order valence-electron chi connectivity index (χ2n) is 0.851. The predicted octanol–water partition coefficient (Wildman–Crippen LogP) is 1.20. The van der Waals surface area contributed by atoms with E-state index in [-0.39, 0.29) is 5.75 Å². The zero-order chi connectivity index (χ0) is 5.70. The van der Waals surface area contributed by atoms with Crippen molar-refractivity contribution in [2.75, 3.05) is 9.51 Å².